The summed E-state index contributed by atoms with van der Waals surface area (Å²) in [5.41, 5.74) is 0.0411. The summed E-state index contributed by atoms with van der Waals surface area (Å²) in [6.45, 7) is 1.75. The van der Waals surface area contributed by atoms with Gasteiger partial charge in [-0.2, -0.15) is 4.31 Å². The molecule has 1 heterocycles. The molecule has 0 saturated carbocycles. The molecule has 1 N–H and O–H groups in total. The number of aliphatic hydroxyl groups excluding tert-OH is 1. The van der Waals surface area contributed by atoms with E-state index in [0.717, 1.165) is 6.07 Å². The van der Waals surface area contributed by atoms with Crippen molar-refractivity contribution in [2.75, 3.05) is 13.7 Å². The molecule has 1 saturated heterocycles. The van der Waals surface area contributed by atoms with Crippen molar-refractivity contribution in [3.63, 3.8) is 0 Å². The van der Waals surface area contributed by atoms with Crippen LogP contribution in [-0.4, -0.2) is 43.6 Å². The molecule has 1 fully saturated rings. The lowest BCUT2D eigenvalue weighted by atomic mass is 10.2. The van der Waals surface area contributed by atoms with E-state index in [1.54, 1.807) is 6.92 Å². The fraction of sp³-hybridized carbons (Fsp3) is 0.538. The van der Waals surface area contributed by atoms with E-state index in [9.17, 15) is 12.8 Å². The van der Waals surface area contributed by atoms with Gasteiger partial charge in [-0.25, -0.2) is 12.8 Å². The zero-order valence-corrected chi connectivity index (χ0v) is 13.3. The van der Waals surface area contributed by atoms with E-state index < -0.39 is 22.4 Å². The van der Waals surface area contributed by atoms with Gasteiger partial charge in [0.2, 0.25) is 10.0 Å². The number of rotatable bonds is 4. The number of benzene rings is 1. The molecule has 0 radical (unpaired) electrons. The number of hydrogen-bond acceptors (Lipinski definition) is 4. The number of sulfonamides is 1. The van der Waals surface area contributed by atoms with Crippen molar-refractivity contribution in [1.29, 1.82) is 0 Å². The molecule has 2 atom stereocenters. The van der Waals surface area contributed by atoms with E-state index >= 15 is 0 Å². The van der Waals surface area contributed by atoms with Crippen LogP contribution in [0.1, 0.15) is 18.9 Å². The van der Waals surface area contributed by atoms with Gasteiger partial charge >= 0.3 is 0 Å². The minimum Gasteiger partial charge on any atom is -0.392 e. The Balaban J connectivity index is 2.42. The monoisotopic (exact) mass is 337 g/mol. The molecule has 0 spiro atoms. The van der Waals surface area contributed by atoms with Crippen molar-refractivity contribution >= 4 is 21.6 Å². The molecule has 8 heteroatoms. The highest BCUT2D eigenvalue weighted by Crippen LogP contribution is 2.29. The molecule has 118 valence electrons. The van der Waals surface area contributed by atoms with Crippen molar-refractivity contribution in [1.82, 2.24) is 4.31 Å². The molecule has 1 aromatic rings. The molecule has 2 unspecified atom stereocenters. The number of ether oxygens (including phenoxy) is 1. The maximum Gasteiger partial charge on any atom is 0.243 e. The molecule has 1 aliphatic heterocycles. The van der Waals surface area contributed by atoms with Crippen LogP contribution in [-0.2, 0) is 21.4 Å². The Morgan fingerprint density at radius 2 is 2.19 bits per heavy atom. The third-order valence-electron chi connectivity index (χ3n) is 3.73. The predicted octanol–water partition coefficient (Wildman–Crippen LogP) is 1.77. The summed E-state index contributed by atoms with van der Waals surface area (Å²) in [5.74, 6) is -0.870. The smallest absolute Gasteiger partial charge is 0.243 e. The fourth-order valence-corrected chi connectivity index (χ4v) is 4.10. The zero-order chi connectivity index (χ0) is 15.8. The van der Waals surface area contributed by atoms with Crippen LogP contribution in [0.5, 0.6) is 0 Å². The molecular formula is C13H17ClFNO4S. The van der Waals surface area contributed by atoms with Crippen LogP contribution >= 0.6 is 11.6 Å². The molecule has 21 heavy (non-hydrogen) atoms. The van der Waals surface area contributed by atoms with E-state index in [4.69, 9.17) is 21.4 Å². The molecule has 0 aromatic heterocycles. The first-order valence-electron chi connectivity index (χ1n) is 6.47. The number of likely N-dealkylation sites (N-methyl/N-ethyl adjacent to an activating group) is 1. The maximum absolute atomic E-state index is 13.7. The third-order valence-corrected chi connectivity index (χ3v) is 6.01. The second kappa shape index (κ2) is 6.18. The van der Waals surface area contributed by atoms with Gasteiger partial charge in [-0.3, -0.25) is 0 Å². The Morgan fingerprint density at radius 1 is 1.52 bits per heavy atom. The highest BCUT2D eigenvalue weighted by Gasteiger charge is 2.35. The van der Waals surface area contributed by atoms with Gasteiger partial charge in [0.15, 0.2) is 0 Å². The summed E-state index contributed by atoms with van der Waals surface area (Å²) in [4.78, 5) is -0.227. The Bertz CT molecular complexity index is 637. The Kier molecular flexibility index (Phi) is 4.89. The summed E-state index contributed by atoms with van der Waals surface area (Å²) in [5, 5.41) is 8.88. The second-order valence-corrected chi connectivity index (χ2v) is 7.36. The topological polar surface area (TPSA) is 66.8 Å². The standard InChI is InChI=1S/C13H17ClFNO4S/c1-8-12(3-4-20-8)16(2)21(18,19)10-5-9(7-17)13(14)11(15)6-10/h5-6,8,12,17H,3-4,7H2,1-2H3. The van der Waals surface area contributed by atoms with Gasteiger partial charge in [-0.1, -0.05) is 11.6 Å². The van der Waals surface area contributed by atoms with Crippen molar-refractivity contribution in [2.24, 2.45) is 0 Å². The number of hydrogen-bond donors (Lipinski definition) is 1. The zero-order valence-electron chi connectivity index (χ0n) is 11.7. The van der Waals surface area contributed by atoms with Crippen LogP contribution in [0.3, 0.4) is 0 Å². The first-order chi connectivity index (χ1) is 9.78. The van der Waals surface area contributed by atoms with E-state index in [2.05, 4.69) is 0 Å². The molecule has 1 aliphatic rings. The lowest BCUT2D eigenvalue weighted by Gasteiger charge is -2.26. The van der Waals surface area contributed by atoms with Crippen molar-refractivity contribution in [3.8, 4) is 0 Å². The Morgan fingerprint density at radius 3 is 2.71 bits per heavy atom. The minimum atomic E-state index is -3.88. The molecular weight excluding hydrogens is 321 g/mol. The van der Waals surface area contributed by atoms with Crippen LogP contribution in [0.4, 0.5) is 4.39 Å². The summed E-state index contributed by atoms with van der Waals surface area (Å²) < 4.78 is 45.4. The molecule has 0 amide bonds. The SMILES string of the molecule is CC1OCCC1N(C)S(=O)(=O)c1cc(F)c(Cl)c(CO)c1. The van der Waals surface area contributed by atoms with Gasteiger partial charge in [0.25, 0.3) is 0 Å². The van der Waals surface area contributed by atoms with Crippen LogP contribution < -0.4 is 0 Å². The second-order valence-electron chi connectivity index (χ2n) is 4.99. The minimum absolute atomic E-state index is 0.0411. The number of halogens is 2. The average Bonchev–Trinajstić information content (AvgIpc) is 2.86. The van der Waals surface area contributed by atoms with Crippen molar-refractivity contribution in [2.45, 2.75) is 37.0 Å². The maximum atomic E-state index is 13.7. The van der Waals surface area contributed by atoms with Crippen molar-refractivity contribution < 1.29 is 22.7 Å². The van der Waals surface area contributed by atoms with Gasteiger partial charge in [-0.05, 0) is 25.5 Å². The van der Waals surface area contributed by atoms with Crippen LogP contribution in [0.25, 0.3) is 0 Å². The van der Waals surface area contributed by atoms with Gasteiger partial charge in [0, 0.05) is 19.2 Å². The predicted molar refractivity (Wildman–Crippen MR) is 76.1 cm³/mol. The van der Waals surface area contributed by atoms with E-state index in [-0.39, 0.29) is 27.6 Å². The molecule has 1 aromatic carbocycles. The van der Waals surface area contributed by atoms with Crippen molar-refractivity contribution in [3.05, 3.63) is 28.5 Å². The van der Waals surface area contributed by atoms with E-state index in [1.807, 2.05) is 0 Å². The Hall–Kier alpha value is -0.730. The van der Waals surface area contributed by atoms with E-state index in [0.29, 0.717) is 13.0 Å². The van der Waals surface area contributed by atoms with Gasteiger partial charge in [0.05, 0.1) is 28.7 Å². The van der Waals surface area contributed by atoms with Crippen LogP contribution in [0, 0.1) is 5.82 Å². The summed E-state index contributed by atoms with van der Waals surface area (Å²) in [6, 6.07) is 1.76. The van der Waals surface area contributed by atoms with Gasteiger partial charge in [-0.15, -0.1) is 0 Å². The van der Waals surface area contributed by atoms with Gasteiger partial charge < -0.3 is 9.84 Å². The molecule has 0 aliphatic carbocycles. The largest absolute Gasteiger partial charge is 0.392 e. The highest BCUT2D eigenvalue weighted by atomic mass is 35.5. The number of aliphatic hydroxyl groups is 1. The van der Waals surface area contributed by atoms with Gasteiger partial charge in [0.1, 0.15) is 5.82 Å². The average molecular weight is 338 g/mol. The van der Waals surface area contributed by atoms with E-state index in [1.165, 1.54) is 17.4 Å². The summed E-state index contributed by atoms with van der Waals surface area (Å²) >= 11 is 5.68. The molecule has 0 bridgehead atoms. The first kappa shape index (κ1) is 16.6. The molecule has 5 nitrogen and oxygen atoms in total. The van der Waals surface area contributed by atoms with Crippen LogP contribution in [0.15, 0.2) is 17.0 Å². The summed E-state index contributed by atoms with van der Waals surface area (Å²) in [7, 11) is -2.44. The summed E-state index contributed by atoms with van der Waals surface area (Å²) in [6.07, 6.45) is 0.360. The molecule has 2 rings (SSSR count). The quantitative estimate of drug-likeness (QED) is 0.909. The lowest BCUT2D eigenvalue weighted by Crippen LogP contribution is -2.41. The lowest BCUT2D eigenvalue weighted by molar-refractivity contribution is 0.102. The number of nitrogens with zero attached hydrogens (tertiary/aromatic N) is 1. The van der Waals surface area contributed by atoms with Crippen LogP contribution in [0.2, 0.25) is 5.02 Å². The third kappa shape index (κ3) is 3.07. The Labute approximate surface area is 128 Å². The first-order valence-corrected chi connectivity index (χ1v) is 8.29. The normalized spacial score (nSPS) is 23.0. The fourth-order valence-electron chi connectivity index (χ4n) is 2.42. The highest BCUT2D eigenvalue weighted by molar-refractivity contribution is 7.89.